The minimum absolute atomic E-state index is 0.649. The Bertz CT molecular complexity index is 416. The van der Waals surface area contributed by atoms with E-state index >= 15 is 0 Å². The van der Waals surface area contributed by atoms with Crippen LogP contribution in [-0.2, 0) is 6.54 Å². The summed E-state index contributed by atoms with van der Waals surface area (Å²) in [5.74, 6) is 0. The lowest BCUT2D eigenvalue weighted by atomic mass is 9.98. The van der Waals surface area contributed by atoms with Gasteiger partial charge in [-0.25, -0.2) is 0 Å². The topological polar surface area (TPSA) is 27.0 Å². The van der Waals surface area contributed by atoms with Crippen molar-refractivity contribution in [2.75, 3.05) is 13.6 Å². The zero-order chi connectivity index (χ0) is 12.8. The van der Waals surface area contributed by atoms with Crippen molar-refractivity contribution in [1.29, 1.82) is 5.26 Å². The molecule has 0 saturated carbocycles. The van der Waals surface area contributed by atoms with Crippen LogP contribution in [0, 0.1) is 32.1 Å². The molecule has 0 aliphatic carbocycles. The number of aryl methyl sites for hydroxylation is 1. The average molecular weight is 230 g/mol. The molecule has 0 saturated heterocycles. The van der Waals surface area contributed by atoms with Gasteiger partial charge in [-0.05, 0) is 63.0 Å². The van der Waals surface area contributed by atoms with Crippen molar-refractivity contribution in [3.05, 3.63) is 34.4 Å². The van der Waals surface area contributed by atoms with Gasteiger partial charge >= 0.3 is 0 Å². The molecule has 0 aliphatic heterocycles. The van der Waals surface area contributed by atoms with Crippen molar-refractivity contribution < 1.29 is 0 Å². The van der Waals surface area contributed by atoms with Gasteiger partial charge in [0, 0.05) is 13.0 Å². The minimum atomic E-state index is 0.649. The molecule has 1 aromatic rings. The highest BCUT2D eigenvalue weighted by Gasteiger charge is 2.06. The normalized spacial score (nSPS) is 10.6. The van der Waals surface area contributed by atoms with Crippen LogP contribution in [-0.4, -0.2) is 18.5 Å². The first-order valence-corrected chi connectivity index (χ1v) is 6.17. The lowest BCUT2D eigenvalue weighted by Gasteiger charge is -2.19. The van der Waals surface area contributed by atoms with E-state index in [0.717, 1.165) is 19.5 Å². The van der Waals surface area contributed by atoms with Crippen molar-refractivity contribution >= 4 is 0 Å². The Morgan fingerprint density at radius 2 is 1.88 bits per heavy atom. The SMILES string of the molecule is Cc1ccc(CN(C)CCCC#N)c(C)c1C. The first-order valence-electron chi connectivity index (χ1n) is 6.17. The van der Waals surface area contributed by atoms with E-state index in [2.05, 4.69) is 50.9 Å². The molecule has 2 heteroatoms. The summed E-state index contributed by atoms with van der Waals surface area (Å²) in [5.41, 5.74) is 5.55. The van der Waals surface area contributed by atoms with Gasteiger partial charge < -0.3 is 4.90 Å². The Morgan fingerprint density at radius 3 is 2.53 bits per heavy atom. The predicted octanol–water partition coefficient (Wildman–Crippen LogP) is 3.35. The molecular formula is C15H22N2. The van der Waals surface area contributed by atoms with Crippen LogP contribution in [0.2, 0.25) is 0 Å². The molecule has 0 fully saturated rings. The number of unbranched alkanes of at least 4 members (excludes halogenated alkanes) is 1. The molecule has 0 aliphatic rings. The summed E-state index contributed by atoms with van der Waals surface area (Å²) < 4.78 is 0. The number of nitriles is 1. The summed E-state index contributed by atoms with van der Waals surface area (Å²) in [7, 11) is 2.12. The van der Waals surface area contributed by atoms with Gasteiger partial charge in [-0.15, -0.1) is 0 Å². The fraction of sp³-hybridized carbons (Fsp3) is 0.533. The summed E-state index contributed by atoms with van der Waals surface area (Å²) in [6, 6.07) is 6.60. The monoisotopic (exact) mass is 230 g/mol. The van der Waals surface area contributed by atoms with Crippen molar-refractivity contribution in [1.82, 2.24) is 4.90 Å². The largest absolute Gasteiger partial charge is 0.302 e. The van der Waals surface area contributed by atoms with Crippen LogP contribution in [0.1, 0.15) is 35.1 Å². The lowest BCUT2D eigenvalue weighted by molar-refractivity contribution is 0.323. The van der Waals surface area contributed by atoms with Crippen LogP contribution >= 0.6 is 0 Å². The molecule has 1 aromatic carbocycles. The highest BCUT2D eigenvalue weighted by Crippen LogP contribution is 2.18. The fourth-order valence-corrected chi connectivity index (χ4v) is 1.98. The summed E-state index contributed by atoms with van der Waals surface area (Å²) in [4.78, 5) is 2.29. The Kier molecular flexibility index (Phi) is 5.18. The number of hydrogen-bond acceptors (Lipinski definition) is 2. The molecule has 92 valence electrons. The molecular weight excluding hydrogens is 208 g/mol. The second kappa shape index (κ2) is 6.42. The van der Waals surface area contributed by atoms with Crippen molar-refractivity contribution in [3.8, 4) is 6.07 Å². The Balaban J connectivity index is 2.63. The zero-order valence-electron chi connectivity index (χ0n) is 11.4. The molecule has 0 N–H and O–H groups in total. The van der Waals surface area contributed by atoms with Gasteiger partial charge in [-0.2, -0.15) is 5.26 Å². The van der Waals surface area contributed by atoms with E-state index < -0.39 is 0 Å². The van der Waals surface area contributed by atoms with E-state index in [4.69, 9.17) is 5.26 Å². The third-order valence-corrected chi connectivity index (χ3v) is 3.44. The number of benzene rings is 1. The Morgan fingerprint density at radius 1 is 1.18 bits per heavy atom. The summed E-state index contributed by atoms with van der Waals surface area (Å²) in [6.45, 7) is 8.49. The summed E-state index contributed by atoms with van der Waals surface area (Å²) >= 11 is 0. The van der Waals surface area contributed by atoms with Gasteiger partial charge in [0.2, 0.25) is 0 Å². The van der Waals surface area contributed by atoms with E-state index in [1.54, 1.807) is 0 Å². The maximum atomic E-state index is 8.51. The van der Waals surface area contributed by atoms with Crippen molar-refractivity contribution in [2.45, 2.75) is 40.2 Å². The van der Waals surface area contributed by atoms with E-state index in [1.165, 1.54) is 22.3 Å². The maximum Gasteiger partial charge on any atom is 0.0622 e. The van der Waals surface area contributed by atoms with Crippen LogP contribution in [0.15, 0.2) is 12.1 Å². The first-order chi connectivity index (χ1) is 8.06. The van der Waals surface area contributed by atoms with Gasteiger partial charge in [0.05, 0.1) is 6.07 Å². The number of hydrogen-bond donors (Lipinski definition) is 0. The average Bonchev–Trinajstić information content (AvgIpc) is 2.30. The van der Waals surface area contributed by atoms with Crippen LogP contribution in [0.5, 0.6) is 0 Å². The molecule has 1 rings (SSSR count). The molecule has 0 radical (unpaired) electrons. The third-order valence-electron chi connectivity index (χ3n) is 3.44. The van der Waals surface area contributed by atoms with Crippen LogP contribution in [0.3, 0.4) is 0 Å². The molecule has 0 amide bonds. The van der Waals surface area contributed by atoms with E-state index in [0.29, 0.717) is 6.42 Å². The van der Waals surface area contributed by atoms with Gasteiger partial charge in [0.15, 0.2) is 0 Å². The molecule has 2 nitrogen and oxygen atoms in total. The standard InChI is InChI=1S/C15H22N2/c1-12-7-8-15(14(3)13(12)2)11-17(4)10-6-5-9-16/h7-8H,5-6,10-11H2,1-4H3. The first kappa shape index (κ1) is 13.7. The molecule has 0 spiro atoms. The number of rotatable bonds is 5. The second-order valence-corrected chi connectivity index (χ2v) is 4.79. The molecule has 0 unspecified atom stereocenters. The highest BCUT2D eigenvalue weighted by atomic mass is 15.1. The maximum absolute atomic E-state index is 8.51. The zero-order valence-corrected chi connectivity index (χ0v) is 11.4. The molecule has 0 heterocycles. The predicted molar refractivity (Wildman–Crippen MR) is 71.8 cm³/mol. The Labute approximate surface area is 105 Å². The van der Waals surface area contributed by atoms with E-state index in [9.17, 15) is 0 Å². The summed E-state index contributed by atoms with van der Waals surface area (Å²) in [5, 5.41) is 8.51. The molecule has 17 heavy (non-hydrogen) atoms. The molecule has 0 aromatic heterocycles. The smallest absolute Gasteiger partial charge is 0.0622 e. The minimum Gasteiger partial charge on any atom is -0.302 e. The van der Waals surface area contributed by atoms with Crippen molar-refractivity contribution in [2.24, 2.45) is 0 Å². The third kappa shape index (κ3) is 3.87. The fourth-order valence-electron chi connectivity index (χ4n) is 1.98. The molecule has 0 atom stereocenters. The van der Waals surface area contributed by atoms with Gasteiger partial charge in [0.25, 0.3) is 0 Å². The Hall–Kier alpha value is -1.33. The second-order valence-electron chi connectivity index (χ2n) is 4.79. The van der Waals surface area contributed by atoms with E-state index in [-0.39, 0.29) is 0 Å². The van der Waals surface area contributed by atoms with Gasteiger partial charge in [0.1, 0.15) is 0 Å². The quantitative estimate of drug-likeness (QED) is 0.725. The van der Waals surface area contributed by atoms with Gasteiger partial charge in [-0.3, -0.25) is 0 Å². The van der Waals surface area contributed by atoms with Crippen LogP contribution < -0.4 is 0 Å². The highest BCUT2D eigenvalue weighted by molar-refractivity contribution is 5.38. The molecule has 0 bridgehead atoms. The summed E-state index contributed by atoms with van der Waals surface area (Å²) in [6.07, 6.45) is 1.60. The lowest BCUT2D eigenvalue weighted by Crippen LogP contribution is -2.19. The van der Waals surface area contributed by atoms with Crippen molar-refractivity contribution in [3.63, 3.8) is 0 Å². The van der Waals surface area contributed by atoms with E-state index in [1.807, 2.05) is 0 Å². The van der Waals surface area contributed by atoms with Crippen LogP contribution in [0.4, 0.5) is 0 Å². The van der Waals surface area contributed by atoms with Gasteiger partial charge in [-0.1, -0.05) is 12.1 Å². The number of nitrogens with zero attached hydrogens (tertiary/aromatic N) is 2. The van der Waals surface area contributed by atoms with Crippen LogP contribution in [0.25, 0.3) is 0 Å².